The topological polar surface area (TPSA) is 192 Å². The van der Waals surface area contributed by atoms with E-state index >= 15 is 0 Å². The Morgan fingerprint density at radius 3 is 1.48 bits per heavy atom. The first-order valence-electron chi connectivity index (χ1n) is 25.1. The average Bonchev–Trinajstić information content (AvgIpc) is 3.23. The smallest absolute Gasteiger partial charge is 0.394 e. The Balaban J connectivity index is 2.34. The van der Waals surface area contributed by atoms with Gasteiger partial charge >= 0.3 is 10.4 Å². The second-order valence-corrected chi connectivity index (χ2v) is 18.8. The maximum atomic E-state index is 13.0. The van der Waals surface area contributed by atoms with Crippen molar-refractivity contribution in [2.75, 3.05) is 13.2 Å². The summed E-state index contributed by atoms with van der Waals surface area (Å²) in [5.41, 5.74) is 0. The maximum Gasteiger partial charge on any atom is 0.397 e. The zero-order chi connectivity index (χ0) is 44.8. The Bertz CT molecular complexity index is 1140. The van der Waals surface area contributed by atoms with Gasteiger partial charge in [0.2, 0.25) is 5.91 Å². The molecule has 13 heteroatoms. The third-order valence-electron chi connectivity index (χ3n) is 12.1. The summed E-state index contributed by atoms with van der Waals surface area (Å²) in [6.07, 6.45) is 35.2. The van der Waals surface area contributed by atoms with Crippen LogP contribution in [0.4, 0.5) is 0 Å². The van der Waals surface area contributed by atoms with Crippen LogP contribution < -0.4 is 5.32 Å². The zero-order valence-electron chi connectivity index (χ0n) is 38.7. The maximum absolute atomic E-state index is 13.0. The number of carbonyl (C=O) groups excluding carboxylic acids is 1. The van der Waals surface area contributed by atoms with Gasteiger partial charge in [-0.05, 0) is 38.5 Å². The quantitative estimate of drug-likeness (QED) is 0.0194. The SMILES string of the molecule is CCCCCCCCCCCCCC/C=C\CCCCCCCCCCC(=O)NC(COC1OC(CO)C(O)C(OS(=O)(=O)O)C1O)C(O)CCCCCCCCCCCC. The molecular formula is C48H93NO11S. The number of amides is 1. The summed E-state index contributed by atoms with van der Waals surface area (Å²) in [6.45, 7) is 3.44. The lowest BCUT2D eigenvalue weighted by atomic mass is 9.99. The molecule has 0 spiro atoms. The third kappa shape index (κ3) is 32.2. The molecule has 0 bridgehead atoms. The lowest BCUT2D eigenvalue weighted by molar-refractivity contribution is -0.298. The largest absolute Gasteiger partial charge is 0.397 e. The number of aliphatic hydroxyl groups excluding tert-OH is 4. The van der Waals surface area contributed by atoms with Crippen molar-refractivity contribution in [2.24, 2.45) is 0 Å². The Morgan fingerprint density at radius 1 is 0.639 bits per heavy atom. The van der Waals surface area contributed by atoms with Gasteiger partial charge in [0.25, 0.3) is 0 Å². The number of ether oxygens (including phenoxy) is 2. The van der Waals surface area contributed by atoms with Gasteiger partial charge in [0.15, 0.2) is 6.29 Å². The van der Waals surface area contributed by atoms with Crippen LogP contribution in [-0.2, 0) is 28.9 Å². The van der Waals surface area contributed by atoms with Crippen LogP contribution >= 0.6 is 0 Å². The molecule has 61 heavy (non-hydrogen) atoms. The van der Waals surface area contributed by atoms with Gasteiger partial charge in [-0.2, -0.15) is 8.42 Å². The molecule has 0 aromatic heterocycles. The molecule has 1 fully saturated rings. The Kier molecular flexibility index (Phi) is 37.2. The molecule has 1 amide bonds. The molecule has 0 aliphatic carbocycles. The van der Waals surface area contributed by atoms with Crippen molar-refractivity contribution in [3.05, 3.63) is 12.2 Å². The molecule has 12 nitrogen and oxygen atoms in total. The number of nitrogens with one attached hydrogen (secondary N) is 1. The molecule has 0 aromatic rings. The fourth-order valence-corrected chi connectivity index (χ4v) is 8.67. The molecule has 1 rings (SSSR count). The van der Waals surface area contributed by atoms with Crippen LogP contribution in [0.2, 0.25) is 0 Å². The molecule has 0 radical (unpaired) electrons. The number of unbranched alkanes of at least 4 members (excludes halogenated alkanes) is 29. The summed E-state index contributed by atoms with van der Waals surface area (Å²) in [5.74, 6) is -0.232. The van der Waals surface area contributed by atoms with E-state index in [1.54, 1.807) is 0 Å². The summed E-state index contributed by atoms with van der Waals surface area (Å²) in [5, 5.41) is 44.8. The summed E-state index contributed by atoms with van der Waals surface area (Å²) in [6, 6.07) is -0.855. The van der Waals surface area contributed by atoms with Crippen molar-refractivity contribution in [1.82, 2.24) is 5.32 Å². The normalized spacial score (nSPS) is 20.7. The number of carbonyl (C=O) groups is 1. The van der Waals surface area contributed by atoms with Crippen LogP contribution in [0.1, 0.15) is 232 Å². The van der Waals surface area contributed by atoms with Gasteiger partial charge in [-0.15, -0.1) is 0 Å². The molecule has 7 atom stereocenters. The highest BCUT2D eigenvalue weighted by Gasteiger charge is 2.48. The van der Waals surface area contributed by atoms with Gasteiger partial charge in [0, 0.05) is 6.42 Å². The monoisotopic (exact) mass is 892 g/mol. The van der Waals surface area contributed by atoms with Crippen molar-refractivity contribution < 1.29 is 51.8 Å². The van der Waals surface area contributed by atoms with E-state index in [0.29, 0.717) is 19.3 Å². The standard InChI is InChI=1S/C48H93NO11S/c1-3-5-7-9-11-13-15-16-17-18-19-20-21-22-23-24-25-26-27-28-30-32-34-36-38-44(52)49-41(42(51)37-35-33-31-29-14-12-10-8-6-4-2)40-58-48-46(54)47(60-61(55,56)57)45(53)43(39-50)59-48/h22-23,41-43,45-48,50-51,53-54H,3-21,24-40H2,1-2H3,(H,49,52)(H,55,56,57)/b23-22-. The van der Waals surface area contributed by atoms with E-state index in [0.717, 1.165) is 51.4 Å². The van der Waals surface area contributed by atoms with Crippen molar-refractivity contribution in [2.45, 2.75) is 275 Å². The number of hydrogen-bond acceptors (Lipinski definition) is 10. The van der Waals surface area contributed by atoms with Gasteiger partial charge in [0.1, 0.15) is 24.4 Å². The van der Waals surface area contributed by atoms with E-state index in [-0.39, 0.29) is 12.5 Å². The Morgan fingerprint density at radius 2 is 1.05 bits per heavy atom. The first-order chi connectivity index (χ1) is 29.5. The van der Waals surface area contributed by atoms with E-state index in [1.165, 1.54) is 148 Å². The molecule has 7 unspecified atom stereocenters. The van der Waals surface area contributed by atoms with Gasteiger partial charge in [0.05, 0.1) is 25.4 Å². The molecule has 1 saturated heterocycles. The summed E-state index contributed by atoms with van der Waals surface area (Å²) in [4.78, 5) is 13.0. The predicted molar refractivity (Wildman–Crippen MR) is 246 cm³/mol. The minimum atomic E-state index is -5.07. The minimum Gasteiger partial charge on any atom is -0.394 e. The fraction of sp³-hybridized carbons (Fsp3) is 0.938. The van der Waals surface area contributed by atoms with Gasteiger partial charge in [-0.1, -0.05) is 199 Å². The molecule has 0 aromatic carbocycles. The minimum absolute atomic E-state index is 0.232. The number of hydrogen-bond donors (Lipinski definition) is 6. The third-order valence-corrected chi connectivity index (χ3v) is 12.5. The summed E-state index contributed by atoms with van der Waals surface area (Å²) < 4.78 is 47.6. The number of allylic oxidation sites excluding steroid dienone is 2. The highest BCUT2D eigenvalue weighted by molar-refractivity contribution is 7.80. The van der Waals surface area contributed by atoms with Crippen molar-refractivity contribution in [3.63, 3.8) is 0 Å². The van der Waals surface area contributed by atoms with Crippen LogP contribution in [0, 0.1) is 0 Å². The van der Waals surface area contributed by atoms with E-state index in [1.807, 2.05) is 0 Å². The van der Waals surface area contributed by atoms with E-state index < -0.39 is 59.9 Å². The summed E-state index contributed by atoms with van der Waals surface area (Å²) in [7, 11) is -5.07. The first kappa shape index (κ1) is 57.9. The lowest BCUT2D eigenvalue weighted by Gasteiger charge is -2.41. The van der Waals surface area contributed by atoms with Crippen LogP contribution in [0.25, 0.3) is 0 Å². The van der Waals surface area contributed by atoms with Crippen molar-refractivity contribution in [1.29, 1.82) is 0 Å². The number of rotatable bonds is 43. The fourth-order valence-electron chi connectivity index (χ4n) is 8.16. The van der Waals surface area contributed by atoms with E-state index in [2.05, 4.69) is 35.5 Å². The van der Waals surface area contributed by atoms with Crippen LogP contribution in [0.15, 0.2) is 12.2 Å². The number of aliphatic hydroxyl groups is 4. The van der Waals surface area contributed by atoms with Crippen molar-refractivity contribution in [3.8, 4) is 0 Å². The molecular weight excluding hydrogens is 799 g/mol. The average molecular weight is 892 g/mol. The van der Waals surface area contributed by atoms with Crippen LogP contribution in [0.5, 0.6) is 0 Å². The highest BCUT2D eigenvalue weighted by atomic mass is 32.3. The second kappa shape index (κ2) is 39.2. The second-order valence-electron chi connectivity index (χ2n) is 17.8. The van der Waals surface area contributed by atoms with Gasteiger partial charge < -0.3 is 35.2 Å². The van der Waals surface area contributed by atoms with Gasteiger partial charge in [-0.25, -0.2) is 4.18 Å². The van der Waals surface area contributed by atoms with E-state index in [4.69, 9.17) is 9.47 Å². The first-order valence-corrected chi connectivity index (χ1v) is 26.4. The Labute approximate surface area is 372 Å². The molecule has 1 aliphatic heterocycles. The molecule has 1 aliphatic rings. The summed E-state index contributed by atoms with van der Waals surface area (Å²) >= 11 is 0. The van der Waals surface area contributed by atoms with Crippen LogP contribution in [-0.4, -0.2) is 95.4 Å². The molecule has 362 valence electrons. The Hall–Kier alpha value is -1.16. The predicted octanol–water partition coefficient (Wildman–Crippen LogP) is 10.3. The van der Waals surface area contributed by atoms with Gasteiger partial charge in [-0.3, -0.25) is 9.35 Å². The molecule has 1 heterocycles. The van der Waals surface area contributed by atoms with Crippen molar-refractivity contribution >= 4 is 16.3 Å². The van der Waals surface area contributed by atoms with E-state index in [9.17, 15) is 38.2 Å². The highest BCUT2D eigenvalue weighted by Crippen LogP contribution is 2.26. The molecule has 0 saturated carbocycles. The lowest BCUT2D eigenvalue weighted by Crippen LogP contribution is -2.61. The zero-order valence-corrected chi connectivity index (χ0v) is 39.6. The van der Waals surface area contributed by atoms with Crippen LogP contribution in [0.3, 0.4) is 0 Å². The molecule has 6 N–H and O–H groups in total.